The maximum Gasteiger partial charge on any atom is 0.300 e. The van der Waals surface area contributed by atoms with E-state index in [1.54, 1.807) is 12.5 Å². The molecule has 0 bridgehead atoms. The molecule has 6 nitrogen and oxygen atoms in total. The first-order valence-corrected chi connectivity index (χ1v) is 13.7. The van der Waals surface area contributed by atoms with Gasteiger partial charge in [-0.05, 0) is 30.5 Å². The van der Waals surface area contributed by atoms with Crippen molar-refractivity contribution in [1.82, 2.24) is 0 Å². The van der Waals surface area contributed by atoms with Crippen LogP contribution in [0.25, 0.3) is 0 Å². The smallest absolute Gasteiger partial charge is 0.300 e. The van der Waals surface area contributed by atoms with Gasteiger partial charge < -0.3 is 14.6 Å². The zero-order valence-electron chi connectivity index (χ0n) is 19.0. The maximum absolute atomic E-state index is 12.3. The molecule has 2 rings (SSSR count). The molecule has 1 aromatic carbocycles. The number of hydrogen-bond donors (Lipinski definition) is 1. The standard InChI is InChI=1S/C18H28O3S.C2H4O2.C2H6OS/c1-3-4-5-6-7-8-11-22(19)15(2)12-16-9-10-17-18(13-16)21-14-20-17;1-2(3)4;1-4(2)3/h9-10,13,15H,3-8,11-12,14H2,1-2H3;1H3,(H,3,4);1-2H3. The Morgan fingerprint density at radius 2 is 1.60 bits per heavy atom. The van der Waals surface area contributed by atoms with Crippen LogP contribution in [0, 0.1) is 0 Å². The van der Waals surface area contributed by atoms with Gasteiger partial charge in [-0.3, -0.25) is 13.2 Å². The largest absolute Gasteiger partial charge is 0.481 e. The molecule has 174 valence electrons. The van der Waals surface area contributed by atoms with Gasteiger partial charge in [-0.2, -0.15) is 0 Å². The number of rotatable bonds is 10. The average molecular weight is 463 g/mol. The van der Waals surface area contributed by atoms with Gasteiger partial charge in [0, 0.05) is 52.0 Å². The molecule has 1 aliphatic heterocycles. The fourth-order valence-electron chi connectivity index (χ4n) is 2.72. The number of carboxylic acids is 1. The van der Waals surface area contributed by atoms with E-state index in [0.717, 1.165) is 37.0 Å². The zero-order valence-corrected chi connectivity index (χ0v) is 20.6. The van der Waals surface area contributed by atoms with Crippen LogP contribution in [0.3, 0.4) is 0 Å². The summed E-state index contributed by atoms with van der Waals surface area (Å²) in [6, 6.07) is 6.01. The highest BCUT2D eigenvalue weighted by Gasteiger charge is 2.16. The molecule has 0 fully saturated rings. The first-order valence-electron chi connectivity index (χ1n) is 10.4. The van der Waals surface area contributed by atoms with Crippen molar-refractivity contribution in [2.75, 3.05) is 25.1 Å². The highest BCUT2D eigenvalue weighted by molar-refractivity contribution is 7.85. The van der Waals surface area contributed by atoms with Gasteiger partial charge in [0.25, 0.3) is 5.97 Å². The Hall–Kier alpha value is -1.41. The third-order valence-electron chi connectivity index (χ3n) is 4.11. The van der Waals surface area contributed by atoms with Crippen LogP contribution in [0.5, 0.6) is 11.5 Å². The quantitative estimate of drug-likeness (QED) is 0.513. The molecule has 2 atom stereocenters. The van der Waals surface area contributed by atoms with E-state index in [1.807, 2.05) is 18.2 Å². The predicted molar refractivity (Wildman–Crippen MR) is 125 cm³/mol. The lowest BCUT2D eigenvalue weighted by atomic mass is 10.1. The Morgan fingerprint density at radius 1 is 1.07 bits per heavy atom. The van der Waals surface area contributed by atoms with Crippen molar-refractivity contribution >= 4 is 27.6 Å². The molecular weight excluding hydrogens is 424 g/mol. The van der Waals surface area contributed by atoms with Gasteiger partial charge in [-0.15, -0.1) is 0 Å². The number of unbranched alkanes of at least 4 members (excludes halogenated alkanes) is 5. The molecule has 0 aromatic heterocycles. The minimum absolute atomic E-state index is 0.191. The molecule has 1 aliphatic rings. The lowest BCUT2D eigenvalue weighted by Crippen LogP contribution is -2.16. The molecule has 0 saturated carbocycles. The van der Waals surface area contributed by atoms with E-state index in [0.29, 0.717) is 6.79 Å². The Balaban J connectivity index is 0.000000901. The number of hydrogen-bond acceptors (Lipinski definition) is 5. The fourth-order valence-corrected chi connectivity index (χ4v) is 3.99. The molecule has 1 aromatic rings. The van der Waals surface area contributed by atoms with Crippen molar-refractivity contribution in [1.29, 1.82) is 0 Å². The molecule has 0 saturated heterocycles. The molecule has 8 heteroatoms. The van der Waals surface area contributed by atoms with E-state index >= 15 is 0 Å². The van der Waals surface area contributed by atoms with Crippen molar-refractivity contribution in [2.45, 2.75) is 71.0 Å². The van der Waals surface area contributed by atoms with Crippen LogP contribution in [0.4, 0.5) is 0 Å². The first-order chi connectivity index (χ1) is 14.2. The van der Waals surface area contributed by atoms with E-state index < -0.39 is 27.6 Å². The number of carboxylic acid groups (broad SMARTS) is 1. The van der Waals surface area contributed by atoms with Crippen molar-refractivity contribution in [3.05, 3.63) is 23.8 Å². The number of ether oxygens (including phenoxy) is 2. The third kappa shape index (κ3) is 15.4. The van der Waals surface area contributed by atoms with Crippen LogP contribution in [0.2, 0.25) is 0 Å². The summed E-state index contributed by atoms with van der Waals surface area (Å²) in [5, 5.41) is 7.61. The SMILES string of the molecule is CC(=O)O.CCCCCCCCS(=O)C(C)Cc1ccc2c(c1)OCO2.CS(C)=O. The van der Waals surface area contributed by atoms with Gasteiger partial charge in [0.15, 0.2) is 11.5 Å². The second-order valence-corrected chi connectivity index (χ2v) is 10.8. The van der Waals surface area contributed by atoms with Crippen molar-refractivity contribution in [2.24, 2.45) is 0 Å². The van der Waals surface area contributed by atoms with Gasteiger partial charge in [0.05, 0.1) is 0 Å². The molecule has 1 heterocycles. The summed E-state index contributed by atoms with van der Waals surface area (Å²) in [4.78, 5) is 9.00. The summed E-state index contributed by atoms with van der Waals surface area (Å²) >= 11 is 0. The number of aliphatic carboxylic acids is 1. The van der Waals surface area contributed by atoms with Gasteiger partial charge in [0.2, 0.25) is 6.79 Å². The monoisotopic (exact) mass is 462 g/mol. The van der Waals surface area contributed by atoms with Crippen molar-refractivity contribution in [3.63, 3.8) is 0 Å². The summed E-state index contributed by atoms with van der Waals surface area (Å²) in [6.45, 7) is 5.70. The second kappa shape index (κ2) is 17.3. The fraction of sp³-hybridized carbons (Fsp3) is 0.682. The normalized spacial score (nSPS) is 13.5. The van der Waals surface area contributed by atoms with Gasteiger partial charge in [0.1, 0.15) is 0 Å². The molecule has 30 heavy (non-hydrogen) atoms. The Labute approximate surface area is 186 Å². The maximum atomic E-state index is 12.3. The minimum atomic E-state index is -0.833. The van der Waals surface area contributed by atoms with Gasteiger partial charge in [-0.1, -0.05) is 52.0 Å². The van der Waals surface area contributed by atoms with Crippen molar-refractivity contribution in [3.8, 4) is 11.5 Å². The van der Waals surface area contributed by atoms with Crippen LogP contribution in [-0.2, 0) is 32.8 Å². The average Bonchev–Trinajstić information content (AvgIpc) is 3.11. The second-order valence-electron chi connectivity index (χ2n) is 7.32. The summed E-state index contributed by atoms with van der Waals surface area (Å²) < 4.78 is 32.6. The number of fused-ring (bicyclic) bond motifs is 1. The van der Waals surface area contributed by atoms with Crippen molar-refractivity contribution < 1.29 is 27.8 Å². The van der Waals surface area contributed by atoms with Crippen LogP contribution in [0.15, 0.2) is 18.2 Å². The van der Waals surface area contributed by atoms with E-state index in [9.17, 15) is 8.42 Å². The number of carbonyl (C=O) groups is 1. The van der Waals surface area contributed by atoms with E-state index in [1.165, 1.54) is 37.7 Å². The highest BCUT2D eigenvalue weighted by Crippen LogP contribution is 2.33. The van der Waals surface area contributed by atoms with Crippen LogP contribution in [-0.4, -0.2) is 49.8 Å². The Morgan fingerprint density at radius 3 is 2.20 bits per heavy atom. The summed E-state index contributed by atoms with van der Waals surface area (Å²) in [5.74, 6) is 1.62. The van der Waals surface area contributed by atoms with Crippen LogP contribution >= 0.6 is 0 Å². The van der Waals surface area contributed by atoms with E-state index in [2.05, 4.69) is 13.8 Å². The number of benzene rings is 1. The Bertz CT molecular complexity index is 643. The molecule has 0 radical (unpaired) electrons. The zero-order chi connectivity index (χ0) is 22.9. The van der Waals surface area contributed by atoms with E-state index in [4.69, 9.17) is 19.4 Å². The van der Waals surface area contributed by atoms with Gasteiger partial charge >= 0.3 is 0 Å². The first kappa shape index (κ1) is 28.6. The highest BCUT2D eigenvalue weighted by atomic mass is 32.2. The van der Waals surface area contributed by atoms with Crippen LogP contribution in [0.1, 0.15) is 64.9 Å². The molecule has 0 spiro atoms. The van der Waals surface area contributed by atoms with Crippen LogP contribution < -0.4 is 9.47 Å². The molecule has 0 amide bonds. The topological polar surface area (TPSA) is 89.9 Å². The van der Waals surface area contributed by atoms with Gasteiger partial charge in [-0.25, -0.2) is 0 Å². The summed E-state index contributed by atoms with van der Waals surface area (Å²) in [5.41, 5.74) is 1.17. The summed E-state index contributed by atoms with van der Waals surface area (Å²) in [7, 11) is -1.35. The minimum Gasteiger partial charge on any atom is -0.481 e. The molecule has 1 N–H and O–H groups in total. The predicted octanol–water partition coefficient (Wildman–Crippen LogP) is 4.54. The summed E-state index contributed by atoms with van der Waals surface area (Å²) in [6.07, 6.45) is 11.6. The molecule has 2 unspecified atom stereocenters. The Kier molecular flexibility index (Phi) is 16.5. The van der Waals surface area contributed by atoms with E-state index in [-0.39, 0.29) is 5.25 Å². The molecular formula is C22H38O6S2. The lowest BCUT2D eigenvalue weighted by molar-refractivity contribution is -0.134. The molecule has 0 aliphatic carbocycles. The lowest BCUT2D eigenvalue weighted by Gasteiger charge is -2.12. The third-order valence-corrected chi connectivity index (χ3v) is 5.86.